The summed E-state index contributed by atoms with van der Waals surface area (Å²) in [7, 11) is 4.75. The molecule has 7 heteroatoms. The molecule has 1 amide bonds. The smallest absolute Gasteiger partial charge is 0.255 e. The molecular weight excluding hydrogens is 320 g/mol. The number of benzene rings is 1. The van der Waals surface area contributed by atoms with Crippen molar-refractivity contribution in [2.75, 3.05) is 41.0 Å². The molecule has 1 aromatic carbocycles. The van der Waals surface area contributed by atoms with Crippen LogP contribution in [0.4, 0.5) is 0 Å². The van der Waals surface area contributed by atoms with E-state index in [1.807, 2.05) is 0 Å². The molecule has 1 saturated heterocycles. The lowest BCUT2D eigenvalue weighted by Crippen LogP contribution is -2.53. The van der Waals surface area contributed by atoms with E-state index >= 15 is 0 Å². The fraction of sp³-hybridized carbons (Fsp3) is 0.562. The second kappa shape index (κ2) is 8.96. The first-order chi connectivity index (χ1) is 10.7. The van der Waals surface area contributed by atoms with Crippen LogP contribution in [0, 0.1) is 0 Å². The summed E-state index contributed by atoms with van der Waals surface area (Å²) < 4.78 is 15.8. The zero-order valence-electron chi connectivity index (χ0n) is 13.8. The quantitative estimate of drug-likeness (QED) is 0.786. The fourth-order valence-electron chi connectivity index (χ4n) is 2.88. The summed E-state index contributed by atoms with van der Waals surface area (Å²) in [4.78, 5) is 12.5. The maximum atomic E-state index is 12.5. The molecule has 0 saturated carbocycles. The fourth-order valence-corrected chi connectivity index (χ4v) is 2.88. The highest BCUT2D eigenvalue weighted by Crippen LogP contribution is 2.30. The Morgan fingerprint density at radius 3 is 2.65 bits per heavy atom. The van der Waals surface area contributed by atoms with Crippen molar-refractivity contribution in [3.05, 3.63) is 23.8 Å². The molecule has 0 aliphatic carbocycles. The molecule has 1 unspecified atom stereocenters. The molecular formula is C16H25ClN2O4. The molecule has 0 radical (unpaired) electrons. The average Bonchev–Trinajstić information content (AvgIpc) is 3.01. The number of amides is 1. The van der Waals surface area contributed by atoms with Crippen molar-refractivity contribution in [1.82, 2.24) is 10.6 Å². The minimum atomic E-state index is -0.184. The lowest BCUT2D eigenvalue weighted by Gasteiger charge is -2.29. The summed E-state index contributed by atoms with van der Waals surface area (Å²) in [6.07, 6.45) is 2.07. The standard InChI is InChI=1S/C16H24N2O4.ClH/c1-20-11-16(8-5-9-18-16)10-17-15(19)12-6-4-7-13(21-2)14(12)22-3;/h4,6-7,18H,5,8-11H2,1-3H3,(H,17,19);1H. The predicted octanol–water partition coefficient (Wildman–Crippen LogP) is 1.62. The van der Waals surface area contributed by atoms with Crippen LogP contribution in [0.2, 0.25) is 0 Å². The minimum Gasteiger partial charge on any atom is -0.493 e. The van der Waals surface area contributed by atoms with Crippen molar-refractivity contribution in [2.24, 2.45) is 0 Å². The summed E-state index contributed by atoms with van der Waals surface area (Å²) in [5.74, 6) is 0.809. The first-order valence-electron chi connectivity index (χ1n) is 7.39. The Labute approximate surface area is 143 Å². The van der Waals surface area contributed by atoms with Gasteiger partial charge in [-0.05, 0) is 31.5 Å². The Hall–Kier alpha value is -1.50. The van der Waals surface area contributed by atoms with Gasteiger partial charge in [-0.15, -0.1) is 12.4 Å². The number of hydrogen-bond acceptors (Lipinski definition) is 5. The van der Waals surface area contributed by atoms with Crippen molar-refractivity contribution < 1.29 is 19.0 Å². The van der Waals surface area contributed by atoms with Crippen molar-refractivity contribution in [2.45, 2.75) is 18.4 Å². The van der Waals surface area contributed by atoms with E-state index in [0.717, 1.165) is 19.4 Å². The van der Waals surface area contributed by atoms with Gasteiger partial charge >= 0.3 is 0 Å². The molecule has 1 fully saturated rings. The van der Waals surface area contributed by atoms with Crippen LogP contribution < -0.4 is 20.1 Å². The van der Waals surface area contributed by atoms with Crippen LogP contribution in [0.3, 0.4) is 0 Å². The Balaban J connectivity index is 0.00000264. The van der Waals surface area contributed by atoms with E-state index in [-0.39, 0.29) is 23.9 Å². The molecule has 6 nitrogen and oxygen atoms in total. The monoisotopic (exact) mass is 344 g/mol. The molecule has 1 aliphatic heterocycles. The summed E-state index contributed by atoms with van der Waals surface area (Å²) in [6, 6.07) is 5.26. The van der Waals surface area contributed by atoms with Crippen molar-refractivity contribution in [3.8, 4) is 11.5 Å². The molecule has 1 atom stereocenters. The Morgan fingerprint density at radius 1 is 1.30 bits per heavy atom. The maximum absolute atomic E-state index is 12.5. The van der Waals surface area contributed by atoms with Crippen LogP contribution in [0.1, 0.15) is 23.2 Å². The molecule has 0 aromatic heterocycles. The van der Waals surface area contributed by atoms with Gasteiger partial charge in [-0.2, -0.15) is 0 Å². The number of para-hydroxylation sites is 1. The van der Waals surface area contributed by atoms with Gasteiger partial charge in [0.15, 0.2) is 11.5 Å². The van der Waals surface area contributed by atoms with Crippen LogP contribution >= 0.6 is 12.4 Å². The summed E-state index contributed by atoms with van der Waals surface area (Å²) >= 11 is 0. The maximum Gasteiger partial charge on any atom is 0.255 e. The number of ether oxygens (including phenoxy) is 3. The largest absolute Gasteiger partial charge is 0.493 e. The van der Waals surface area contributed by atoms with Crippen LogP contribution in [0.5, 0.6) is 11.5 Å². The van der Waals surface area contributed by atoms with Crippen molar-refractivity contribution in [3.63, 3.8) is 0 Å². The van der Waals surface area contributed by atoms with Gasteiger partial charge in [-0.3, -0.25) is 4.79 Å². The molecule has 2 rings (SSSR count). The van der Waals surface area contributed by atoms with Crippen LogP contribution in [-0.2, 0) is 4.74 Å². The van der Waals surface area contributed by atoms with Gasteiger partial charge in [0.25, 0.3) is 5.91 Å². The molecule has 23 heavy (non-hydrogen) atoms. The second-order valence-electron chi connectivity index (χ2n) is 5.47. The lowest BCUT2D eigenvalue weighted by molar-refractivity contribution is 0.0889. The van der Waals surface area contributed by atoms with Gasteiger partial charge in [0, 0.05) is 13.7 Å². The summed E-state index contributed by atoms with van der Waals surface area (Å²) in [5.41, 5.74) is 0.281. The molecule has 130 valence electrons. The number of halogens is 1. The first kappa shape index (κ1) is 19.5. The highest BCUT2D eigenvalue weighted by molar-refractivity contribution is 5.97. The predicted molar refractivity (Wildman–Crippen MR) is 91.0 cm³/mol. The Morgan fingerprint density at radius 2 is 2.09 bits per heavy atom. The molecule has 1 aromatic rings. The van der Waals surface area contributed by atoms with Gasteiger partial charge in [-0.25, -0.2) is 0 Å². The molecule has 0 bridgehead atoms. The third kappa shape index (κ3) is 4.50. The normalized spacial score (nSPS) is 19.8. The number of rotatable bonds is 7. The lowest BCUT2D eigenvalue weighted by atomic mass is 9.98. The van der Waals surface area contributed by atoms with E-state index in [0.29, 0.717) is 30.2 Å². The van der Waals surface area contributed by atoms with Gasteiger partial charge < -0.3 is 24.8 Å². The SMILES string of the molecule is COCC1(CNC(=O)c2cccc(OC)c2OC)CCCN1.Cl. The zero-order chi connectivity index (χ0) is 16.0. The molecule has 1 aliphatic rings. The van der Waals surface area contributed by atoms with E-state index in [2.05, 4.69) is 10.6 Å². The molecule has 0 spiro atoms. The van der Waals surface area contributed by atoms with Crippen molar-refractivity contribution >= 4 is 18.3 Å². The zero-order valence-corrected chi connectivity index (χ0v) is 14.6. The van der Waals surface area contributed by atoms with Gasteiger partial charge in [0.1, 0.15) is 0 Å². The summed E-state index contributed by atoms with van der Waals surface area (Å²) in [6.45, 7) is 2.03. The average molecular weight is 345 g/mol. The van der Waals surface area contributed by atoms with Crippen molar-refractivity contribution in [1.29, 1.82) is 0 Å². The van der Waals surface area contributed by atoms with Gasteiger partial charge in [-0.1, -0.05) is 6.07 Å². The van der Waals surface area contributed by atoms with Gasteiger partial charge in [0.2, 0.25) is 0 Å². The van der Waals surface area contributed by atoms with Crippen LogP contribution in [-0.4, -0.2) is 52.5 Å². The van der Waals surface area contributed by atoms with E-state index in [1.165, 1.54) is 7.11 Å². The highest BCUT2D eigenvalue weighted by Gasteiger charge is 2.34. The topological polar surface area (TPSA) is 68.8 Å². The number of carbonyl (C=O) groups is 1. The Bertz CT molecular complexity index is 519. The van der Waals surface area contributed by atoms with E-state index in [1.54, 1.807) is 32.4 Å². The number of methoxy groups -OCH3 is 3. The molecule has 1 heterocycles. The van der Waals surface area contributed by atoms with E-state index in [4.69, 9.17) is 14.2 Å². The van der Waals surface area contributed by atoms with Crippen LogP contribution in [0.25, 0.3) is 0 Å². The second-order valence-corrected chi connectivity index (χ2v) is 5.47. The third-order valence-electron chi connectivity index (χ3n) is 3.99. The molecule has 2 N–H and O–H groups in total. The van der Waals surface area contributed by atoms with E-state index in [9.17, 15) is 4.79 Å². The van der Waals surface area contributed by atoms with E-state index < -0.39 is 0 Å². The third-order valence-corrected chi connectivity index (χ3v) is 3.99. The van der Waals surface area contributed by atoms with Crippen LogP contribution in [0.15, 0.2) is 18.2 Å². The minimum absolute atomic E-state index is 0. The highest BCUT2D eigenvalue weighted by atomic mass is 35.5. The number of hydrogen-bond donors (Lipinski definition) is 2. The Kier molecular flexibility index (Phi) is 7.61. The first-order valence-corrected chi connectivity index (χ1v) is 7.39. The summed E-state index contributed by atoms with van der Waals surface area (Å²) in [5, 5.41) is 6.41. The number of nitrogens with one attached hydrogen (secondary N) is 2. The number of carbonyl (C=O) groups excluding carboxylic acids is 1. The van der Waals surface area contributed by atoms with Gasteiger partial charge in [0.05, 0.1) is 31.9 Å².